The van der Waals surface area contributed by atoms with Crippen molar-refractivity contribution < 1.29 is 14.7 Å². The zero-order chi connectivity index (χ0) is 16.7. The van der Waals surface area contributed by atoms with Gasteiger partial charge < -0.3 is 10.4 Å². The molecule has 0 aliphatic heterocycles. The third-order valence-electron chi connectivity index (χ3n) is 3.05. The van der Waals surface area contributed by atoms with Gasteiger partial charge in [-0.1, -0.05) is 19.1 Å². The van der Waals surface area contributed by atoms with Gasteiger partial charge >= 0.3 is 5.97 Å². The van der Waals surface area contributed by atoms with Crippen LogP contribution in [-0.2, 0) is 11.3 Å². The van der Waals surface area contributed by atoms with Crippen molar-refractivity contribution in [2.24, 2.45) is 0 Å². The smallest absolute Gasteiger partial charge is 0.356 e. The second-order valence-electron chi connectivity index (χ2n) is 4.95. The predicted molar refractivity (Wildman–Crippen MR) is 90.0 cm³/mol. The number of hydrogen-bond acceptors (Lipinski definition) is 4. The molecule has 122 valence electrons. The number of aromatic carboxylic acids is 1. The molecule has 2 rings (SSSR count). The number of carbonyl (C=O) groups excluding carboxylic acids is 1. The Balaban J connectivity index is 1.96. The fourth-order valence-electron chi connectivity index (χ4n) is 1.95. The zero-order valence-electron chi connectivity index (χ0n) is 12.9. The Hall–Kier alpha value is -2.28. The molecule has 0 saturated carbocycles. The van der Waals surface area contributed by atoms with Crippen LogP contribution < -0.4 is 5.32 Å². The second kappa shape index (κ2) is 8.38. The largest absolute Gasteiger partial charge is 0.476 e. The zero-order valence-corrected chi connectivity index (χ0v) is 13.7. The van der Waals surface area contributed by atoms with E-state index in [1.54, 1.807) is 18.0 Å². The highest BCUT2D eigenvalue weighted by atomic mass is 32.2. The lowest BCUT2D eigenvalue weighted by Crippen LogP contribution is -2.24. The minimum absolute atomic E-state index is 0.00310. The van der Waals surface area contributed by atoms with Gasteiger partial charge in [-0.05, 0) is 35.9 Å². The highest BCUT2D eigenvalue weighted by Gasteiger charge is 2.08. The molecule has 1 amide bonds. The molecule has 2 aromatic rings. The molecular weight excluding hydrogens is 314 g/mol. The molecule has 0 aliphatic rings. The van der Waals surface area contributed by atoms with Crippen LogP contribution >= 0.6 is 11.8 Å². The van der Waals surface area contributed by atoms with Crippen LogP contribution in [0, 0.1) is 0 Å². The van der Waals surface area contributed by atoms with Gasteiger partial charge in [0.2, 0.25) is 5.91 Å². The first-order valence-electron chi connectivity index (χ1n) is 7.33. The maximum atomic E-state index is 11.7. The molecule has 2 N–H and O–H groups in total. The Labute approximate surface area is 138 Å². The third-order valence-corrected chi connectivity index (χ3v) is 4.22. The predicted octanol–water partition coefficient (Wildman–Crippen LogP) is 2.33. The first-order chi connectivity index (χ1) is 11.1. The lowest BCUT2D eigenvalue weighted by atomic mass is 10.2. The van der Waals surface area contributed by atoms with Crippen LogP contribution in [-0.4, -0.2) is 38.3 Å². The first-order valence-corrected chi connectivity index (χ1v) is 8.48. The Morgan fingerprint density at radius 1 is 1.35 bits per heavy atom. The van der Waals surface area contributed by atoms with E-state index in [1.807, 2.05) is 24.3 Å². The normalized spacial score (nSPS) is 10.5. The van der Waals surface area contributed by atoms with Crippen LogP contribution in [0.4, 0.5) is 0 Å². The van der Waals surface area contributed by atoms with Crippen molar-refractivity contribution in [2.75, 3.05) is 11.5 Å². The SMILES string of the molecule is CCCSCC(=O)NCc1cccc(-n2ccc(C(=O)O)n2)c1. The molecule has 7 heteroatoms. The molecule has 0 saturated heterocycles. The maximum absolute atomic E-state index is 11.7. The van der Waals surface area contributed by atoms with Crippen molar-refractivity contribution >= 4 is 23.6 Å². The topological polar surface area (TPSA) is 84.2 Å². The van der Waals surface area contributed by atoms with Crippen molar-refractivity contribution in [2.45, 2.75) is 19.9 Å². The molecule has 1 aromatic carbocycles. The lowest BCUT2D eigenvalue weighted by Gasteiger charge is -2.07. The molecule has 23 heavy (non-hydrogen) atoms. The summed E-state index contributed by atoms with van der Waals surface area (Å²) in [4.78, 5) is 22.6. The number of nitrogens with zero attached hydrogens (tertiary/aromatic N) is 2. The molecule has 1 aromatic heterocycles. The van der Waals surface area contributed by atoms with Crippen LogP contribution in [0.2, 0.25) is 0 Å². The Morgan fingerprint density at radius 3 is 2.87 bits per heavy atom. The average molecular weight is 333 g/mol. The number of thioether (sulfide) groups is 1. The second-order valence-corrected chi connectivity index (χ2v) is 6.06. The quantitative estimate of drug-likeness (QED) is 0.724. The molecule has 0 fully saturated rings. The van der Waals surface area contributed by atoms with Gasteiger partial charge in [-0.3, -0.25) is 4.79 Å². The fraction of sp³-hybridized carbons (Fsp3) is 0.312. The Kier molecular flexibility index (Phi) is 6.22. The summed E-state index contributed by atoms with van der Waals surface area (Å²) >= 11 is 1.62. The molecular formula is C16H19N3O3S. The number of nitrogens with one attached hydrogen (secondary N) is 1. The average Bonchev–Trinajstić information content (AvgIpc) is 3.04. The van der Waals surface area contributed by atoms with Gasteiger partial charge in [0.1, 0.15) is 0 Å². The van der Waals surface area contributed by atoms with Crippen molar-refractivity contribution in [3.63, 3.8) is 0 Å². The van der Waals surface area contributed by atoms with Gasteiger partial charge in [-0.2, -0.15) is 16.9 Å². The number of benzene rings is 1. The fourth-order valence-corrected chi connectivity index (χ4v) is 2.67. The molecule has 0 aliphatic carbocycles. The molecule has 1 heterocycles. The number of carboxylic acid groups (broad SMARTS) is 1. The standard InChI is InChI=1S/C16H19N3O3S/c1-2-8-23-11-15(20)17-10-12-4-3-5-13(9-12)19-7-6-14(18-19)16(21)22/h3-7,9H,2,8,10-11H2,1H3,(H,17,20)(H,21,22). The van der Waals surface area contributed by atoms with Crippen LogP contribution in [0.25, 0.3) is 5.69 Å². The van der Waals surface area contributed by atoms with E-state index in [0.29, 0.717) is 12.3 Å². The third kappa shape index (κ3) is 5.14. The molecule has 0 spiro atoms. The van der Waals surface area contributed by atoms with Crippen LogP contribution in [0.15, 0.2) is 36.5 Å². The number of amides is 1. The molecule has 0 bridgehead atoms. The minimum atomic E-state index is -1.06. The summed E-state index contributed by atoms with van der Waals surface area (Å²) in [6.45, 7) is 2.52. The van der Waals surface area contributed by atoms with Crippen LogP contribution in [0.5, 0.6) is 0 Å². The van der Waals surface area contributed by atoms with Crippen LogP contribution in [0.1, 0.15) is 29.4 Å². The van der Waals surface area contributed by atoms with Crippen molar-refractivity contribution in [3.05, 3.63) is 47.8 Å². The maximum Gasteiger partial charge on any atom is 0.356 e. The monoisotopic (exact) mass is 333 g/mol. The molecule has 6 nitrogen and oxygen atoms in total. The number of rotatable bonds is 8. The lowest BCUT2D eigenvalue weighted by molar-refractivity contribution is -0.118. The van der Waals surface area contributed by atoms with Crippen molar-refractivity contribution in [3.8, 4) is 5.69 Å². The first kappa shape index (κ1) is 17.1. The highest BCUT2D eigenvalue weighted by molar-refractivity contribution is 7.99. The van der Waals surface area contributed by atoms with Gasteiger partial charge in [0.15, 0.2) is 5.69 Å². The van der Waals surface area contributed by atoms with Gasteiger partial charge in [-0.25, -0.2) is 9.48 Å². The summed E-state index contributed by atoms with van der Waals surface area (Å²) in [7, 11) is 0. The summed E-state index contributed by atoms with van der Waals surface area (Å²) in [5, 5.41) is 15.8. The number of carboxylic acids is 1. The van der Waals surface area contributed by atoms with Gasteiger partial charge in [0, 0.05) is 12.7 Å². The summed E-state index contributed by atoms with van der Waals surface area (Å²) in [5.41, 5.74) is 1.69. The minimum Gasteiger partial charge on any atom is -0.476 e. The summed E-state index contributed by atoms with van der Waals surface area (Å²) < 4.78 is 1.51. The van der Waals surface area contributed by atoms with Gasteiger partial charge in [0.05, 0.1) is 11.4 Å². The molecule has 0 radical (unpaired) electrons. The van der Waals surface area contributed by atoms with E-state index >= 15 is 0 Å². The number of carbonyl (C=O) groups is 2. The van der Waals surface area contributed by atoms with E-state index in [9.17, 15) is 9.59 Å². The van der Waals surface area contributed by atoms with Crippen molar-refractivity contribution in [1.82, 2.24) is 15.1 Å². The van der Waals surface area contributed by atoms with Gasteiger partial charge in [0.25, 0.3) is 0 Å². The molecule has 0 unspecified atom stereocenters. The van der Waals surface area contributed by atoms with Crippen molar-refractivity contribution in [1.29, 1.82) is 0 Å². The summed E-state index contributed by atoms with van der Waals surface area (Å²) in [5.74, 6) is 0.404. The van der Waals surface area contributed by atoms with E-state index in [-0.39, 0.29) is 11.6 Å². The van der Waals surface area contributed by atoms with E-state index in [0.717, 1.165) is 23.4 Å². The summed E-state index contributed by atoms with van der Waals surface area (Å²) in [6, 6.07) is 8.91. The van der Waals surface area contributed by atoms with E-state index in [4.69, 9.17) is 5.11 Å². The van der Waals surface area contributed by atoms with E-state index in [1.165, 1.54) is 10.7 Å². The molecule has 0 atom stereocenters. The highest BCUT2D eigenvalue weighted by Crippen LogP contribution is 2.11. The summed E-state index contributed by atoms with van der Waals surface area (Å²) in [6.07, 6.45) is 2.66. The number of aromatic nitrogens is 2. The number of hydrogen-bond donors (Lipinski definition) is 2. The van der Waals surface area contributed by atoms with E-state index in [2.05, 4.69) is 17.3 Å². The van der Waals surface area contributed by atoms with Crippen LogP contribution in [0.3, 0.4) is 0 Å². The Morgan fingerprint density at radius 2 is 2.17 bits per heavy atom. The Bertz CT molecular complexity index is 685. The van der Waals surface area contributed by atoms with Gasteiger partial charge in [-0.15, -0.1) is 0 Å². The van der Waals surface area contributed by atoms with E-state index < -0.39 is 5.97 Å².